The molecule has 3 aliphatic rings. The Balaban J connectivity index is 1.49. The molecule has 2 unspecified atom stereocenters. The van der Waals surface area contributed by atoms with Crippen LogP contribution in [-0.4, -0.2) is 95.1 Å². The van der Waals surface area contributed by atoms with Gasteiger partial charge in [0.1, 0.15) is 12.8 Å². The Bertz CT molecular complexity index is 1400. The van der Waals surface area contributed by atoms with Gasteiger partial charge in [-0.05, 0) is 75.0 Å². The Morgan fingerprint density at radius 2 is 1.83 bits per heavy atom. The Hall–Kier alpha value is -2.69. The molecule has 3 heterocycles. The number of nitrogens with one attached hydrogen (secondary N) is 1. The lowest BCUT2D eigenvalue weighted by Crippen LogP contribution is -2.80. The summed E-state index contributed by atoms with van der Waals surface area (Å²) in [4.78, 5) is 46.4. The predicted octanol–water partition coefficient (Wildman–Crippen LogP) is 5.64. The number of nitrogens with zero attached hydrogens (tertiary/aromatic N) is 4. The van der Waals surface area contributed by atoms with Gasteiger partial charge in [0.25, 0.3) is 6.09 Å². The minimum Gasteiger partial charge on any atom is -0.498 e. The van der Waals surface area contributed by atoms with Crippen LogP contribution in [0.25, 0.3) is 0 Å². The fourth-order valence-corrected chi connectivity index (χ4v) is 8.52. The molecule has 0 bridgehead atoms. The highest BCUT2D eigenvalue weighted by Crippen LogP contribution is 2.46. The van der Waals surface area contributed by atoms with Gasteiger partial charge < -0.3 is 29.8 Å². The number of piperidine rings is 2. The molecule has 2 saturated heterocycles. The highest BCUT2D eigenvalue weighted by molar-refractivity contribution is 6.42. The third-order valence-electron chi connectivity index (χ3n) is 10.9. The molecule has 0 radical (unpaired) electrons. The van der Waals surface area contributed by atoms with Crippen molar-refractivity contribution in [3.8, 4) is 0 Å². The number of hydrogen-bond donors (Lipinski definition) is 1. The van der Waals surface area contributed by atoms with Crippen molar-refractivity contribution in [3.05, 3.63) is 63.6 Å². The molecule has 0 aromatic heterocycles. The van der Waals surface area contributed by atoms with Crippen LogP contribution in [0.4, 0.5) is 15.3 Å². The summed E-state index contributed by atoms with van der Waals surface area (Å²) in [5, 5.41) is 17.4. The van der Waals surface area contributed by atoms with E-state index in [0.717, 1.165) is 56.4 Å². The third-order valence-corrected chi connectivity index (χ3v) is 11.7. The van der Waals surface area contributed by atoms with E-state index in [-0.39, 0.29) is 31.6 Å². The number of benzene rings is 2. The standard InChI is InChI=1S/C35H47Cl2N5O4/c1-3-39(4-2)17-11-26-12-18-40(19-13-26)35(16-22-43)24-29(41-20-14-28-7-5-6-8-32(28)38-33(41)44)15-21-42(35,34(45)46)25-27-9-10-30(36)31(37)23-27/h5-10,22-23,26,29H,3-4,11-21,24-25H2,1-2H3,(H-,38,44,45,46)/t29?,35?,42-/m0/s1. The van der Waals surface area contributed by atoms with Crippen molar-refractivity contribution in [2.24, 2.45) is 5.92 Å². The zero-order valence-corrected chi connectivity index (χ0v) is 28.6. The molecule has 1 N–H and O–H groups in total. The molecule has 11 heteroatoms. The number of halogens is 2. The van der Waals surface area contributed by atoms with E-state index < -0.39 is 16.2 Å². The van der Waals surface area contributed by atoms with Crippen LogP contribution in [0.15, 0.2) is 42.5 Å². The van der Waals surface area contributed by atoms with Crippen LogP contribution >= 0.6 is 23.2 Å². The first-order chi connectivity index (χ1) is 22.2. The van der Waals surface area contributed by atoms with Crippen molar-refractivity contribution in [2.75, 3.05) is 51.1 Å². The molecule has 3 amide bonds. The predicted molar refractivity (Wildman–Crippen MR) is 180 cm³/mol. The maximum absolute atomic E-state index is 13.7. The molecule has 9 nitrogen and oxygen atoms in total. The second-order valence-electron chi connectivity index (χ2n) is 13.1. The molecule has 2 fully saturated rings. The minimum atomic E-state index is -1.22. The number of amides is 3. The first kappa shape index (κ1) is 34.6. The van der Waals surface area contributed by atoms with Gasteiger partial charge in [-0.3, -0.25) is 9.38 Å². The summed E-state index contributed by atoms with van der Waals surface area (Å²) in [6, 6.07) is 12.6. The number of anilines is 1. The van der Waals surface area contributed by atoms with E-state index in [2.05, 4.69) is 29.0 Å². The number of para-hydroxylation sites is 1. The molecule has 46 heavy (non-hydrogen) atoms. The van der Waals surface area contributed by atoms with Gasteiger partial charge in [-0.25, -0.2) is 4.79 Å². The number of carbonyl (C=O) groups excluding carboxylic acids is 3. The summed E-state index contributed by atoms with van der Waals surface area (Å²) >= 11 is 12.6. The lowest BCUT2D eigenvalue weighted by Gasteiger charge is -2.61. The van der Waals surface area contributed by atoms with E-state index >= 15 is 0 Å². The number of hydrogen-bond acceptors (Lipinski definition) is 6. The summed E-state index contributed by atoms with van der Waals surface area (Å²) < 4.78 is -0.431. The van der Waals surface area contributed by atoms with Crippen LogP contribution in [0.1, 0.15) is 63.5 Å². The summed E-state index contributed by atoms with van der Waals surface area (Å²) in [6.45, 7) is 9.62. The molecule has 250 valence electrons. The van der Waals surface area contributed by atoms with Crippen LogP contribution in [0.2, 0.25) is 10.0 Å². The van der Waals surface area contributed by atoms with Gasteiger partial charge in [-0.15, -0.1) is 0 Å². The summed E-state index contributed by atoms with van der Waals surface area (Å²) in [5.41, 5.74) is 1.47. The van der Waals surface area contributed by atoms with Gasteiger partial charge in [-0.2, -0.15) is 0 Å². The SMILES string of the molecule is CCN(CC)CCC1CCN(C2(CC=O)CC(N3CCc4ccccc4NC3=O)CC[N@+]2(Cc2ccc(Cl)c(Cl)c2)C(=O)[O-])CC1. The third kappa shape index (κ3) is 6.95. The zero-order valence-electron chi connectivity index (χ0n) is 27.1. The number of aldehydes is 1. The Kier molecular flexibility index (Phi) is 11.3. The Labute approximate surface area is 283 Å². The first-order valence-electron chi connectivity index (χ1n) is 16.8. The van der Waals surface area contributed by atoms with Crippen LogP contribution in [-0.2, 0) is 17.8 Å². The van der Waals surface area contributed by atoms with Crippen molar-refractivity contribution in [1.29, 1.82) is 0 Å². The summed E-state index contributed by atoms with van der Waals surface area (Å²) in [6.07, 6.45) is 4.08. The lowest BCUT2D eigenvalue weighted by molar-refractivity contribution is -0.956. The van der Waals surface area contributed by atoms with E-state index in [1.54, 1.807) is 18.2 Å². The molecule has 2 aromatic carbocycles. The van der Waals surface area contributed by atoms with Crippen molar-refractivity contribution in [2.45, 2.75) is 77.0 Å². The van der Waals surface area contributed by atoms with Crippen LogP contribution in [0.5, 0.6) is 0 Å². The average molecular weight is 673 g/mol. The molecule has 3 atom stereocenters. The normalized spacial score (nSPS) is 26.0. The van der Waals surface area contributed by atoms with Crippen molar-refractivity contribution < 1.29 is 24.0 Å². The van der Waals surface area contributed by atoms with E-state index in [0.29, 0.717) is 60.4 Å². The van der Waals surface area contributed by atoms with E-state index in [1.165, 1.54) is 0 Å². The highest BCUT2D eigenvalue weighted by atomic mass is 35.5. The molecule has 5 rings (SSSR count). The molecule has 2 aromatic rings. The second kappa shape index (κ2) is 15.0. The van der Waals surface area contributed by atoms with E-state index in [1.807, 2.05) is 29.2 Å². The summed E-state index contributed by atoms with van der Waals surface area (Å²) in [7, 11) is 0. The van der Waals surface area contributed by atoms with Crippen LogP contribution in [0.3, 0.4) is 0 Å². The molecule has 0 saturated carbocycles. The number of fused-ring (bicyclic) bond motifs is 1. The maximum atomic E-state index is 13.7. The lowest BCUT2D eigenvalue weighted by atomic mass is 9.80. The van der Waals surface area contributed by atoms with Crippen LogP contribution < -0.4 is 10.4 Å². The first-order valence-corrected chi connectivity index (χ1v) is 17.5. The number of urea groups is 1. The van der Waals surface area contributed by atoms with Crippen molar-refractivity contribution in [1.82, 2.24) is 14.7 Å². The van der Waals surface area contributed by atoms with Gasteiger partial charge in [0.05, 0.1) is 23.0 Å². The summed E-state index contributed by atoms with van der Waals surface area (Å²) in [5.74, 6) is 0.527. The Morgan fingerprint density at radius 3 is 2.50 bits per heavy atom. The molecule has 0 aliphatic carbocycles. The van der Waals surface area contributed by atoms with Gasteiger partial charge in [0.2, 0.25) is 0 Å². The van der Waals surface area contributed by atoms with E-state index in [9.17, 15) is 19.5 Å². The largest absolute Gasteiger partial charge is 0.498 e. The van der Waals surface area contributed by atoms with Crippen molar-refractivity contribution >= 4 is 47.3 Å². The minimum absolute atomic E-state index is 0.0125. The monoisotopic (exact) mass is 671 g/mol. The molecule has 0 spiro atoms. The van der Waals surface area contributed by atoms with Crippen molar-refractivity contribution in [3.63, 3.8) is 0 Å². The molecular weight excluding hydrogens is 625 g/mol. The van der Waals surface area contributed by atoms with Gasteiger partial charge in [-0.1, -0.05) is 61.3 Å². The fraction of sp³-hybridized carbons (Fsp3) is 0.571. The van der Waals surface area contributed by atoms with Gasteiger partial charge in [0, 0.05) is 49.8 Å². The zero-order chi connectivity index (χ0) is 32.9. The highest BCUT2D eigenvalue weighted by Gasteiger charge is 2.61. The fourth-order valence-electron chi connectivity index (χ4n) is 8.20. The average Bonchev–Trinajstić information content (AvgIpc) is 3.22. The number of likely N-dealkylation sites (tertiary alicyclic amines) is 2. The number of rotatable bonds is 11. The molecule has 3 aliphatic heterocycles. The van der Waals surface area contributed by atoms with Crippen LogP contribution in [0, 0.1) is 5.92 Å². The van der Waals surface area contributed by atoms with Gasteiger partial charge in [0.15, 0.2) is 5.66 Å². The Morgan fingerprint density at radius 1 is 1.09 bits per heavy atom. The molecular formula is C35H47Cl2N5O4. The van der Waals surface area contributed by atoms with Gasteiger partial charge >= 0.3 is 6.03 Å². The number of quaternary nitrogens is 1. The van der Waals surface area contributed by atoms with E-state index in [4.69, 9.17) is 23.2 Å². The number of carbonyl (C=O) groups is 3. The number of carboxylic acid groups (broad SMARTS) is 1. The maximum Gasteiger partial charge on any atom is 0.322 e. The smallest absolute Gasteiger partial charge is 0.322 e. The topological polar surface area (TPSA) is 96.0 Å². The second-order valence-corrected chi connectivity index (χ2v) is 14.0. The quantitative estimate of drug-likeness (QED) is 0.246.